The van der Waals surface area contributed by atoms with Crippen molar-refractivity contribution < 1.29 is 0 Å². The summed E-state index contributed by atoms with van der Waals surface area (Å²) in [6.07, 6.45) is 12.2. The number of fused-ring (bicyclic) bond motifs is 1. The molecule has 0 amide bonds. The minimum Gasteiger partial charge on any atom is -0.0935 e. The van der Waals surface area contributed by atoms with E-state index in [4.69, 9.17) is 0 Å². The third-order valence-corrected chi connectivity index (χ3v) is 10.6. The lowest BCUT2D eigenvalue weighted by Gasteiger charge is -2.39. The first kappa shape index (κ1) is 10.5. The molecule has 2 fully saturated rings. The fourth-order valence-electron chi connectivity index (χ4n) is 4.32. The van der Waals surface area contributed by atoms with Crippen molar-refractivity contribution in [2.45, 2.75) is 69.6 Å². The van der Waals surface area contributed by atoms with Crippen LogP contribution >= 0.6 is 6.89 Å². The van der Waals surface area contributed by atoms with Gasteiger partial charge in [0.25, 0.3) is 0 Å². The van der Waals surface area contributed by atoms with Crippen LogP contribution in [0.15, 0.2) is 0 Å². The second-order valence-corrected chi connectivity index (χ2v) is 9.97. The summed E-state index contributed by atoms with van der Waals surface area (Å²) in [6.45, 7) is 4.42. The third kappa shape index (κ3) is 1.15. The Morgan fingerprint density at radius 1 is 1.27 bits per heavy atom. The Morgan fingerprint density at radius 3 is 2.20 bits per heavy atom. The minimum atomic E-state index is -0.275. The van der Waals surface area contributed by atoms with Crippen molar-refractivity contribution in [3.63, 3.8) is 0 Å². The Balaban J connectivity index is 1.61. The highest BCUT2D eigenvalue weighted by atomic mass is 31.2. The van der Waals surface area contributed by atoms with Crippen LogP contribution in [0.4, 0.5) is 0 Å². The summed E-state index contributed by atoms with van der Waals surface area (Å²) in [6, 6.07) is 0. The molecule has 0 N–H and O–H groups in total. The lowest BCUT2D eigenvalue weighted by molar-refractivity contribution is 0.333. The highest BCUT2D eigenvalue weighted by Crippen LogP contribution is 3.02. The topological polar surface area (TPSA) is 0 Å². The molecule has 3 atom stereocenters. The fraction of sp³-hybridized carbons (Fsp3) is 0.929. The van der Waals surface area contributed by atoms with Crippen molar-refractivity contribution in [3.8, 4) is 0 Å². The number of rotatable bonds is 7. The van der Waals surface area contributed by atoms with Gasteiger partial charge in [0.15, 0.2) is 0 Å². The predicted molar refractivity (Wildman–Crippen MR) is 71.5 cm³/mol. The smallest absolute Gasteiger partial charge is 0.00753 e. The van der Waals surface area contributed by atoms with Gasteiger partial charge in [0.1, 0.15) is 0 Å². The van der Waals surface area contributed by atoms with E-state index in [1.54, 1.807) is 25.4 Å². The molecule has 0 saturated carbocycles. The van der Waals surface area contributed by atoms with Gasteiger partial charge in [-0.2, -0.15) is 0 Å². The van der Waals surface area contributed by atoms with Crippen molar-refractivity contribution in [3.05, 3.63) is 0 Å². The second kappa shape index (κ2) is 3.39. The lowest BCUT2D eigenvalue weighted by Crippen LogP contribution is -2.35. The van der Waals surface area contributed by atoms with Crippen LogP contribution in [0.2, 0.25) is 0 Å². The first-order chi connectivity index (χ1) is 7.32. The maximum Gasteiger partial charge on any atom is 0.00753 e. The molecular weight excluding hydrogens is 199 g/mol. The molecule has 3 aliphatic rings. The maximum atomic E-state index is 2.77. The van der Waals surface area contributed by atoms with Crippen molar-refractivity contribution in [2.24, 2.45) is 5.92 Å². The zero-order chi connectivity index (χ0) is 10.5. The van der Waals surface area contributed by atoms with Crippen LogP contribution in [0.1, 0.15) is 58.8 Å². The first-order valence-corrected chi connectivity index (χ1v) is 9.16. The van der Waals surface area contributed by atoms with Crippen molar-refractivity contribution in [2.75, 3.05) is 6.16 Å². The summed E-state index contributed by atoms with van der Waals surface area (Å²) in [4.78, 5) is 0. The normalized spacial score (nSPS) is 44.1. The van der Waals surface area contributed by atoms with Crippen LogP contribution in [0.5, 0.6) is 0 Å². The van der Waals surface area contributed by atoms with Crippen molar-refractivity contribution >= 4 is 12.7 Å². The van der Waals surface area contributed by atoms with Crippen LogP contribution in [0, 0.1) is 5.92 Å². The van der Waals surface area contributed by atoms with Gasteiger partial charge in [-0.1, -0.05) is 52.2 Å². The highest BCUT2D eigenvalue weighted by Gasteiger charge is 2.84. The van der Waals surface area contributed by atoms with Gasteiger partial charge in [-0.25, -0.2) is 0 Å². The first-order valence-electron chi connectivity index (χ1n) is 7.05. The summed E-state index contributed by atoms with van der Waals surface area (Å²) in [5.74, 6) is 3.91. The number of unbranched alkanes of at least 4 members (excludes halogenated alkanes) is 2. The molecule has 0 radical (unpaired) electrons. The van der Waals surface area contributed by atoms with Crippen LogP contribution < -0.4 is 0 Å². The molecule has 0 aromatic heterocycles. The number of hydrogen-bond acceptors (Lipinski definition) is 0. The van der Waals surface area contributed by atoms with Crippen LogP contribution in [-0.4, -0.2) is 22.8 Å². The average molecular weight is 224 g/mol. The second-order valence-electron chi connectivity index (χ2n) is 5.97. The zero-order valence-corrected chi connectivity index (χ0v) is 11.2. The van der Waals surface area contributed by atoms with Gasteiger partial charge in [-0.05, 0) is 31.3 Å². The van der Waals surface area contributed by atoms with Gasteiger partial charge in [-0.15, -0.1) is 0 Å². The molecule has 0 bridgehead atoms. The molecule has 3 rings (SSSR count). The van der Waals surface area contributed by atoms with Gasteiger partial charge >= 0.3 is 0 Å². The number of hydrogen-bond donors (Lipinski definition) is 0. The van der Waals surface area contributed by atoms with Crippen LogP contribution in [0.25, 0.3) is 0 Å². The Labute approximate surface area is 94.8 Å². The molecule has 1 spiro atoms. The van der Waals surface area contributed by atoms with E-state index in [1.807, 2.05) is 0 Å². The largest absolute Gasteiger partial charge is 0.0935 e. The average Bonchev–Trinajstić information content (AvgIpc) is 3.07. The van der Waals surface area contributed by atoms with Gasteiger partial charge in [0, 0.05) is 10.8 Å². The Hall–Kier alpha value is 0.300. The van der Waals surface area contributed by atoms with E-state index in [1.165, 1.54) is 31.3 Å². The van der Waals surface area contributed by atoms with Gasteiger partial charge in [0.05, 0.1) is 0 Å². The summed E-state index contributed by atoms with van der Waals surface area (Å²) in [7, 11) is 0. The van der Waals surface area contributed by atoms with Gasteiger partial charge < -0.3 is 0 Å². The Bertz CT molecular complexity index is 309. The summed E-state index contributed by atoms with van der Waals surface area (Å²) in [5, 5.41) is 0.997. The molecule has 3 aliphatic heterocycles. The Kier molecular flexibility index (Phi) is 2.37. The van der Waals surface area contributed by atoms with E-state index >= 15 is 0 Å². The van der Waals surface area contributed by atoms with Crippen molar-refractivity contribution in [1.82, 2.24) is 0 Å². The molecule has 86 valence electrons. The standard InChI is InChI=1S/C14H25P/c1-3-5-7-12(8-6-4-2)14-9-10-15(14)11-13(14)15/h11-13H,3-10H2,1-2H3/t13?,14-,15?/m0/s1. The molecule has 15 heavy (non-hydrogen) atoms. The molecular formula is C14H25P. The molecule has 2 unspecified atom stereocenters. The third-order valence-electron chi connectivity index (χ3n) is 5.43. The summed E-state index contributed by atoms with van der Waals surface area (Å²) >= 11 is 0. The molecule has 0 nitrogen and oxygen atoms in total. The van der Waals surface area contributed by atoms with E-state index < -0.39 is 0 Å². The lowest BCUT2D eigenvalue weighted by atomic mass is 9.80. The highest BCUT2D eigenvalue weighted by molar-refractivity contribution is 7.96. The van der Waals surface area contributed by atoms with Gasteiger partial charge in [0.2, 0.25) is 0 Å². The van der Waals surface area contributed by atoms with E-state index in [0.717, 1.165) is 11.1 Å². The molecule has 3 heterocycles. The molecule has 1 heteroatoms. The van der Waals surface area contributed by atoms with Gasteiger partial charge in [-0.3, -0.25) is 0 Å². The van der Waals surface area contributed by atoms with E-state index in [2.05, 4.69) is 19.6 Å². The molecule has 0 aromatic carbocycles. The van der Waals surface area contributed by atoms with Crippen LogP contribution in [-0.2, 0) is 0 Å². The molecule has 2 saturated heterocycles. The van der Waals surface area contributed by atoms with Crippen LogP contribution in [0.3, 0.4) is 0 Å². The van der Waals surface area contributed by atoms with E-state index in [-0.39, 0.29) is 6.89 Å². The Morgan fingerprint density at radius 2 is 1.93 bits per heavy atom. The van der Waals surface area contributed by atoms with E-state index in [0.29, 0.717) is 0 Å². The summed E-state index contributed by atoms with van der Waals surface area (Å²) < 4.78 is 0. The molecule has 0 aromatic rings. The zero-order valence-electron chi connectivity index (χ0n) is 10.3. The monoisotopic (exact) mass is 224 g/mol. The van der Waals surface area contributed by atoms with E-state index in [9.17, 15) is 0 Å². The maximum absolute atomic E-state index is 2.77. The minimum absolute atomic E-state index is 0.275. The summed E-state index contributed by atoms with van der Waals surface area (Å²) in [5.41, 5.74) is 1.21. The van der Waals surface area contributed by atoms with Crippen molar-refractivity contribution in [1.29, 1.82) is 0 Å². The SMILES string of the molecule is CCCCC(CCCC)[C@]12CCP13=CC23. The predicted octanol–water partition coefficient (Wildman–Crippen LogP) is 4.34. The quantitative estimate of drug-likeness (QED) is 0.564. The fourth-order valence-corrected chi connectivity index (χ4v) is 10.2. The molecule has 0 aliphatic carbocycles.